The molecule has 0 bridgehead atoms. The van der Waals surface area contributed by atoms with E-state index < -0.39 is 0 Å². The molecule has 3 N–H and O–H groups in total. The molecule has 0 spiro atoms. The second kappa shape index (κ2) is 6.38. The Morgan fingerprint density at radius 1 is 1.26 bits per heavy atom. The number of benzene rings is 1. The predicted octanol–water partition coefficient (Wildman–Crippen LogP) is 2.60. The van der Waals surface area contributed by atoms with E-state index in [0.29, 0.717) is 18.8 Å². The first-order valence-electron chi connectivity index (χ1n) is 6.69. The van der Waals surface area contributed by atoms with Crippen LogP contribution < -0.4 is 11.1 Å². The lowest BCUT2D eigenvalue weighted by molar-refractivity contribution is 0.0927. The van der Waals surface area contributed by atoms with Crippen LogP contribution in [0.2, 0.25) is 0 Å². The van der Waals surface area contributed by atoms with Crippen molar-refractivity contribution >= 4 is 16.9 Å². The molecule has 0 aliphatic heterocycles. The van der Waals surface area contributed by atoms with Crippen LogP contribution in [0, 0.1) is 6.92 Å². The molecule has 0 atom stereocenters. The van der Waals surface area contributed by atoms with Gasteiger partial charge in [-0.1, -0.05) is 18.1 Å². The van der Waals surface area contributed by atoms with Gasteiger partial charge in [0.15, 0.2) is 5.76 Å². The van der Waals surface area contributed by atoms with Gasteiger partial charge >= 0.3 is 0 Å². The molecule has 0 fully saturated rings. The average molecular weight is 260 g/mol. The highest BCUT2D eigenvalue weighted by Crippen LogP contribution is 2.20. The third kappa shape index (κ3) is 3.58. The largest absolute Gasteiger partial charge is 0.451 e. The molecular weight excluding hydrogens is 240 g/mol. The maximum Gasteiger partial charge on any atom is 0.287 e. The lowest BCUT2D eigenvalue weighted by Crippen LogP contribution is -2.24. The highest BCUT2D eigenvalue weighted by atomic mass is 16.3. The number of hydrogen-bond acceptors (Lipinski definition) is 3. The van der Waals surface area contributed by atoms with Gasteiger partial charge in [0, 0.05) is 11.9 Å². The van der Waals surface area contributed by atoms with Gasteiger partial charge in [-0.2, -0.15) is 0 Å². The summed E-state index contributed by atoms with van der Waals surface area (Å²) in [5.41, 5.74) is 7.32. The first-order valence-corrected chi connectivity index (χ1v) is 6.69. The van der Waals surface area contributed by atoms with E-state index >= 15 is 0 Å². The molecule has 0 aliphatic rings. The van der Waals surface area contributed by atoms with E-state index in [-0.39, 0.29) is 5.91 Å². The highest BCUT2D eigenvalue weighted by Gasteiger charge is 2.11. The van der Waals surface area contributed by atoms with Crippen molar-refractivity contribution in [3.8, 4) is 0 Å². The Morgan fingerprint density at radius 2 is 2.11 bits per heavy atom. The minimum Gasteiger partial charge on any atom is -0.451 e. The number of carbonyl (C=O) groups excluding carboxylic acids is 1. The van der Waals surface area contributed by atoms with E-state index in [1.807, 2.05) is 25.1 Å². The minimum atomic E-state index is -0.151. The summed E-state index contributed by atoms with van der Waals surface area (Å²) in [5.74, 6) is 0.223. The number of fused-ring (bicyclic) bond motifs is 1. The predicted molar refractivity (Wildman–Crippen MR) is 76.2 cm³/mol. The van der Waals surface area contributed by atoms with Crippen molar-refractivity contribution in [1.29, 1.82) is 0 Å². The quantitative estimate of drug-likeness (QED) is 0.784. The number of furan rings is 1. The standard InChI is InChI=1S/C15H20N2O2/c1-11-5-6-13-12(9-11)10-14(19-13)15(18)17-8-4-2-3-7-16/h5-6,9-10H,2-4,7-8,16H2,1H3,(H,17,18). The van der Waals surface area contributed by atoms with E-state index in [0.717, 1.165) is 35.8 Å². The van der Waals surface area contributed by atoms with E-state index in [1.54, 1.807) is 6.07 Å². The first kappa shape index (κ1) is 13.6. The van der Waals surface area contributed by atoms with E-state index in [2.05, 4.69) is 5.32 Å². The lowest BCUT2D eigenvalue weighted by Gasteiger charge is -2.02. The fraction of sp³-hybridized carbons (Fsp3) is 0.400. The summed E-state index contributed by atoms with van der Waals surface area (Å²) in [7, 11) is 0. The molecule has 0 saturated carbocycles. The minimum absolute atomic E-state index is 0.151. The van der Waals surface area contributed by atoms with Crippen LogP contribution in [0.5, 0.6) is 0 Å². The Bertz CT molecular complexity index is 560. The van der Waals surface area contributed by atoms with Crippen LogP contribution >= 0.6 is 0 Å². The topological polar surface area (TPSA) is 68.3 Å². The molecule has 1 heterocycles. The molecule has 19 heavy (non-hydrogen) atoms. The van der Waals surface area contributed by atoms with Gasteiger partial charge in [-0.25, -0.2) is 0 Å². The van der Waals surface area contributed by atoms with Gasteiger partial charge in [-0.3, -0.25) is 4.79 Å². The zero-order valence-electron chi connectivity index (χ0n) is 11.2. The maximum absolute atomic E-state index is 11.9. The third-order valence-corrected chi connectivity index (χ3v) is 3.06. The Kier molecular flexibility index (Phi) is 4.58. The number of aryl methyl sites for hydroxylation is 1. The summed E-state index contributed by atoms with van der Waals surface area (Å²) in [5, 5.41) is 3.83. The van der Waals surface area contributed by atoms with Gasteiger partial charge in [0.25, 0.3) is 5.91 Å². The second-order valence-electron chi connectivity index (χ2n) is 4.76. The van der Waals surface area contributed by atoms with Gasteiger partial charge in [0.05, 0.1) is 0 Å². The number of unbranched alkanes of at least 4 members (excludes halogenated alkanes) is 2. The fourth-order valence-corrected chi connectivity index (χ4v) is 2.01. The molecule has 102 valence electrons. The first-order chi connectivity index (χ1) is 9.20. The molecule has 0 radical (unpaired) electrons. The van der Waals surface area contributed by atoms with Crippen LogP contribution in [0.4, 0.5) is 0 Å². The second-order valence-corrected chi connectivity index (χ2v) is 4.76. The van der Waals surface area contributed by atoms with Crippen molar-refractivity contribution in [2.24, 2.45) is 5.73 Å². The van der Waals surface area contributed by atoms with E-state index in [4.69, 9.17) is 10.2 Å². The summed E-state index contributed by atoms with van der Waals surface area (Å²) in [4.78, 5) is 11.9. The summed E-state index contributed by atoms with van der Waals surface area (Å²) in [6.07, 6.45) is 2.98. The SMILES string of the molecule is Cc1ccc2oc(C(=O)NCCCCCN)cc2c1. The molecule has 0 unspecified atom stereocenters. The van der Waals surface area contributed by atoms with E-state index in [1.165, 1.54) is 0 Å². The summed E-state index contributed by atoms with van der Waals surface area (Å²) in [6, 6.07) is 7.66. The van der Waals surface area contributed by atoms with Gasteiger partial charge < -0.3 is 15.5 Å². The molecule has 1 aromatic carbocycles. The Morgan fingerprint density at radius 3 is 2.89 bits per heavy atom. The Balaban J connectivity index is 1.94. The molecule has 4 nitrogen and oxygen atoms in total. The summed E-state index contributed by atoms with van der Waals surface area (Å²) in [6.45, 7) is 3.38. The van der Waals surface area contributed by atoms with Gasteiger partial charge in [-0.15, -0.1) is 0 Å². The molecule has 2 rings (SSSR count). The van der Waals surface area contributed by atoms with Crippen molar-refractivity contribution in [3.63, 3.8) is 0 Å². The third-order valence-electron chi connectivity index (χ3n) is 3.06. The van der Waals surface area contributed by atoms with Crippen molar-refractivity contribution in [2.45, 2.75) is 26.2 Å². The molecule has 1 amide bonds. The van der Waals surface area contributed by atoms with Crippen LogP contribution in [0.1, 0.15) is 35.4 Å². The van der Waals surface area contributed by atoms with Crippen molar-refractivity contribution in [1.82, 2.24) is 5.32 Å². The normalized spacial score (nSPS) is 10.8. The monoisotopic (exact) mass is 260 g/mol. The van der Waals surface area contributed by atoms with Crippen molar-refractivity contribution in [2.75, 3.05) is 13.1 Å². The maximum atomic E-state index is 11.9. The summed E-state index contributed by atoms with van der Waals surface area (Å²) < 4.78 is 5.53. The number of amides is 1. The van der Waals surface area contributed by atoms with Gasteiger partial charge in [0.1, 0.15) is 5.58 Å². The fourth-order valence-electron chi connectivity index (χ4n) is 2.01. The zero-order chi connectivity index (χ0) is 13.7. The average Bonchev–Trinajstić information content (AvgIpc) is 2.81. The van der Waals surface area contributed by atoms with Crippen LogP contribution in [0.15, 0.2) is 28.7 Å². The van der Waals surface area contributed by atoms with Crippen molar-refractivity contribution in [3.05, 3.63) is 35.6 Å². The summed E-state index contributed by atoms with van der Waals surface area (Å²) >= 11 is 0. The number of nitrogens with one attached hydrogen (secondary N) is 1. The highest BCUT2D eigenvalue weighted by molar-refractivity contribution is 5.96. The van der Waals surface area contributed by atoms with Gasteiger partial charge in [0.2, 0.25) is 0 Å². The Labute approximate surface area is 113 Å². The molecular formula is C15H20N2O2. The number of carbonyl (C=O) groups is 1. The van der Waals surface area contributed by atoms with Crippen LogP contribution in [0.3, 0.4) is 0 Å². The smallest absolute Gasteiger partial charge is 0.287 e. The number of hydrogen-bond donors (Lipinski definition) is 2. The molecule has 0 aliphatic carbocycles. The molecule has 4 heteroatoms. The van der Waals surface area contributed by atoms with Crippen LogP contribution in [-0.4, -0.2) is 19.0 Å². The molecule has 0 saturated heterocycles. The Hall–Kier alpha value is -1.81. The number of nitrogens with two attached hydrogens (primary N) is 1. The van der Waals surface area contributed by atoms with Crippen molar-refractivity contribution < 1.29 is 9.21 Å². The number of rotatable bonds is 6. The molecule has 2 aromatic rings. The van der Waals surface area contributed by atoms with E-state index in [9.17, 15) is 4.79 Å². The lowest BCUT2D eigenvalue weighted by atomic mass is 10.2. The van der Waals surface area contributed by atoms with Crippen LogP contribution in [-0.2, 0) is 0 Å². The molecule has 1 aromatic heterocycles. The van der Waals surface area contributed by atoms with Gasteiger partial charge in [-0.05, 0) is 44.5 Å². The zero-order valence-corrected chi connectivity index (χ0v) is 11.2. The van der Waals surface area contributed by atoms with Crippen LogP contribution in [0.25, 0.3) is 11.0 Å².